The summed E-state index contributed by atoms with van der Waals surface area (Å²) in [6.07, 6.45) is 0.522. The summed E-state index contributed by atoms with van der Waals surface area (Å²) in [5.74, 6) is 0.369. The molecule has 0 amide bonds. The van der Waals surface area contributed by atoms with E-state index in [1.165, 1.54) is 22.7 Å². The first-order valence-corrected chi connectivity index (χ1v) is 8.33. The molecule has 2 aromatic rings. The largest absolute Gasteiger partial charge is 0.484 e. The lowest BCUT2D eigenvalue weighted by Gasteiger charge is -2.16. The van der Waals surface area contributed by atoms with Gasteiger partial charge in [0.15, 0.2) is 11.5 Å². The van der Waals surface area contributed by atoms with Crippen molar-refractivity contribution >= 4 is 40.2 Å². The Kier molecular flexibility index (Phi) is 4.05. The summed E-state index contributed by atoms with van der Waals surface area (Å²) < 4.78 is 11.7. The molecule has 1 aliphatic heterocycles. The predicted molar refractivity (Wildman–Crippen MR) is 82.1 cm³/mol. The maximum absolute atomic E-state index is 10.8. The van der Waals surface area contributed by atoms with E-state index in [0.717, 1.165) is 20.5 Å². The quantitative estimate of drug-likeness (QED) is 0.916. The van der Waals surface area contributed by atoms with Gasteiger partial charge < -0.3 is 14.6 Å². The molecule has 0 aliphatic carbocycles. The molecule has 5 nitrogen and oxygen atoms in total. The van der Waals surface area contributed by atoms with Crippen LogP contribution in [0.4, 0.5) is 0 Å². The molecule has 0 bridgehead atoms. The third kappa shape index (κ3) is 2.86. The van der Waals surface area contributed by atoms with Crippen LogP contribution in [0.1, 0.15) is 16.3 Å². The van der Waals surface area contributed by atoms with Crippen molar-refractivity contribution in [3.63, 3.8) is 0 Å². The Labute approximate surface area is 134 Å². The lowest BCUT2D eigenvalue weighted by atomic mass is 10.2. The van der Waals surface area contributed by atoms with E-state index in [1.54, 1.807) is 0 Å². The van der Waals surface area contributed by atoms with Gasteiger partial charge in [-0.3, -0.25) is 4.79 Å². The number of halogens is 1. The van der Waals surface area contributed by atoms with Gasteiger partial charge in [-0.05, 0) is 13.3 Å². The number of carboxylic acids is 1. The SMILES string of the molecule is Cc1nc(-c2sc(Cl)c3c2OCCO3)c(CCC(=O)O)s1. The van der Waals surface area contributed by atoms with Crippen LogP contribution in [-0.4, -0.2) is 29.3 Å². The standard InChI is InChI=1S/C13H12ClNO4S2/c1-6-15-9(7(20-6)2-3-8(16)17)12-10-11(13(14)21-12)19-5-4-18-10/h2-5H2,1H3,(H,16,17). The zero-order chi connectivity index (χ0) is 15.0. The second-order valence-corrected chi connectivity index (χ2v) is 7.37. The van der Waals surface area contributed by atoms with Crippen LogP contribution in [0.3, 0.4) is 0 Å². The predicted octanol–water partition coefficient (Wildman–Crippen LogP) is 3.62. The van der Waals surface area contributed by atoms with E-state index >= 15 is 0 Å². The van der Waals surface area contributed by atoms with Gasteiger partial charge in [-0.2, -0.15) is 0 Å². The van der Waals surface area contributed by atoms with E-state index in [2.05, 4.69) is 4.98 Å². The normalized spacial score (nSPS) is 13.4. The van der Waals surface area contributed by atoms with Gasteiger partial charge in [0.1, 0.15) is 22.4 Å². The van der Waals surface area contributed by atoms with Gasteiger partial charge in [-0.1, -0.05) is 11.6 Å². The number of thiazole rings is 1. The van der Waals surface area contributed by atoms with Gasteiger partial charge in [-0.25, -0.2) is 4.98 Å². The van der Waals surface area contributed by atoms with Crippen molar-refractivity contribution in [2.45, 2.75) is 19.8 Å². The molecule has 0 fully saturated rings. The number of aliphatic carboxylic acids is 1. The number of rotatable bonds is 4. The maximum atomic E-state index is 10.8. The number of nitrogens with zero attached hydrogens (tertiary/aromatic N) is 1. The van der Waals surface area contributed by atoms with E-state index in [4.69, 9.17) is 26.2 Å². The highest BCUT2D eigenvalue weighted by atomic mass is 35.5. The molecule has 3 rings (SSSR count). The number of carbonyl (C=O) groups is 1. The Bertz CT molecular complexity index is 695. The van der Waals surface area contributed by atoms with Gasteiger partial charge >= 0.3 is 5.97 Å². The van der Waals surface area contributed by atoms with Crippen molar-refractivity contribution < 1.29 is 19.4 Å². The molecule has 8 heteroatoms. The van der Waals surface area contributed by atoms with Gasteiger partial charge in [0.2, 0.25) is 0 Å². The molecule has 0 radical (unpaired) electrons. The average Bonchev–Trinajstić information content (AvgIpc) is 2.98. The number of ether oxygens (including phenoxy) is 2. The summed E-state index contributed by atoms with van der Waals surface area (Å²) in [7, 11) is 0. The van der Waals surface area contributed by atoms with Crippen LogP contribution < -0.4 is 9.47 Å². The minimum atomic E-state index is -0.821. The van der Waals surface area contributed by atoms with Crippen molar-refractivity contribution in [3.8, 4) is 22.1 Å². The number of aromatic nitrogens is 1. The second-order valence-electron chi connectivity index (χ2n) is 4.46. The Morgan fingerprint density at radius 2 is 2.05 bits per heavy atom. The molecule has 21 heavy (non-hydrogen) atoms. The third-order valence-electron chi connectivity index (χ3n) is 2.94. The first kappa shape index (κ1) is 14.6. The monoisotopic (exact) mass is 345 g/mol. The van der Waals surface area contributed by atoms with Crippen LogP contribution in [0.15, 0.2) is 0 Å². The van der Waals surface area contributed by atoms with E-state index in [9.17, 15) is 4.79 Å². The maximum Gasteiger partial charge on any atom is 0.303 e. The number of carboxylic acid groups (broad SMARTS) is 1. The van der Waals surface area contributed by atoms with Crippen LogP contribution in [0.5, 0.6) is 11.5 Å². The second kappa shape index (κ2) is 5.82. The molecule has 0 saturated heterocycles. The highest BCUT2D eigenvalue weighted by Gasteiger charge is 2.27. The highest BCUT2D eigenvalue weighted by Crippen LogP contribution is 2.52. The van der Waals surface area contributed by atoms with Crippen LogP contribution in [0, 0.1) is 6.92 Å². The number of aryl methyl sites for hydroxylation is 2. The van der Waals surface area contributed by atoms with E-state index < -0.39 is 5.97 Å². The van der Waals surface area contributed by atoms with E-state index in [0.29, 0.717) is 35.5 Å². The summed E-state index contributed by atoms with van der Waals surface area (Å²) in [6.45, 7) is 2.85. The van der Waals surface area contributed by atoms with Crippen LogP contribution >= 0.6 is 34.3 Å². The van der Waals surface area contributed by atoms with Crippen LogP contribution in [-0.2, 0) is 11.2 Å². The lowest BCUT2D eigenvalue weighted by molar-refractivity contribution is -0.136. The van der Waals surface area contributed by atoms with Crippen LogP contribution in [0.25, 0.3) is 10.6 Å². The van der Waals surface area contributed by atoms with Crippen molar-refractivity contribution in [2.75, 3.05) is 13.2 Å². The lowest BCUT2D eigenvalue weighted by Crippen LogP contribution is -2.14. The number of thiophene rings is 1. The van der Waals surface area contributed by atoms with Crippen molar-refractivity contribution in [1.29, 1.82) is 0 Å². The highest BCUT2D eigenvalue weighted by molar-refractivity contribution is 7.20. The molecule has 0 saturated carbocycles. The molecular formula is C13H12ClNO4S2. The Hall–Kier alpha value is -1.31. The van der Waals surface area contributed by atoms with Crippen molar-refractivity contribution in [2.24, 2.45) is 0 Å². The summed E-state index contributed by atoms with van der Waals surface area (Å²) in [5, 5.41) is 9.75. The Morgan fingerprint density at radius 3 is 2.76 bits per heavy atom. The zero-order valence-corrected chi connectivity index (χ0v) is 13.5. The Balaban J connectivity index is 2.02. The molecule has 0 aromatic carbocycles. The number of hydrogen-bond acceptors (Lipinski definition) is 6. The molecule has 1 N–H and O–H groups in total. The molecule has 0 unspecified atom stereocenters. The first-order valence-electron chi connectivity index (χ1n) is 6.32. The van der Waals surface area contributed by atoms with Gasteiger partial charge in [0.05, 0.1) is 17.1 Å². The van der Waals surface area contributed by atoms with Crippen molar-refractivity contribution in [3.05, 3.63) is 14.2 Å². The topological polar surface area (TPSA) is 68.7 Å². The van der Waals surface area contributed by atoms with E-state index in [1.807, 2.05) is 6.92 Å². The summed E-state index contributed by atoms with van der Waals surface area (Å²) in [4.78, 5) is 17.1. The smallest absolute Gasteiger partial charge is 0.303 e. The minimum Gasteiger partial charge on any atom is -0.484 e. The molecule has 112 valence electrons. The molecule has 2 aromatic heterocycles. The van der Waals surface area contributed by atoms with Gasteiger partial charge in [-0.15, -0.1) is 22.7 Å². The summed E-state index contributed by atoms with van der Waals surface area (Å²) in [6, 6.07) is 0. The Morgan fingerprint density at radius 1 is 1.33 bits per heavy atom. The van der Waals surface area contributed by atoms with Crippen molar-refractivity contribution in [1.82, 2.24) is 4.98 Å². The molecular weight excluding hydrogens is 334 g/mol. The fourth-order valence-electron chi connectivity index (χ4n) is 2.11. The molecule has 3 heterocycles. The first-order chi connectivity index (χ1) is 10.1. The summed E-state index contributed by atoms with van der Waals surface area (Å²) in [5.41, 5.74) is 0.761. The fourth-order valence-corrected chi connectivity index (χ4v) is 4.42. The average molecular weight is 346 g/mol. The molecule has 1 aliphatic rings. The minimum absolute atomic E-state index is 0.0767. The van der Waals surface area contributed by atoms with Gasteiger partial charge in [0.25, 0.3) is 0 Å². The third-order valence-corrected chi connectivity index (χ3v) is 5.33. The van der Waals surface area contributed by atoms with Gasteiger partial charge in [0, 0.05) is 4.88 Å². The zero-order valence-electron chi connectivity index (χ0n) is 11.1. The summed E-state index contributed by atoms with van der Waals surface area (Å²) >= 11 is 9.06. The fraction of sp³-hybridized carbons (Fsp3) is 0.385. The molecule has 0 atom stereocenters. The molecule has 0 spiro atoms. The number of fused-ring (bicyclic) bond motifs is 1. The van der Waals surface area contributed by atoms with E-state index in [-0.39, 0.29) is 6.42 Å². The van der Waals surface area contributed by atoms with Crippen LogP contribution in [0.2, 0.25) is 4.34 Å². The number of hydrogen-bond donors (Lipinski definition) is 1.